The summed E-state index contributed by atoms with van der Waals surface area (Å²) in [7, 11) is 0. The number of hydrogen-bond donors (Lipinski definition) is 1. The van der Waals surface area contributed by atoms with Crippen LogP contribution in [0.2, 0.25) is 0 Å². The van der Waals surface area contributed by atoms with E-state index in [0.717, 1.165) is 38.5 Å². The first-order chi connectivity index (χ1) is 14.1. The van der Waals surface area contributed by atoms with Crippen molar-refractivity contribution in [1.82, 2.24) is 10.2 Å². The molecule has 2 heterocycles. The fourth-order valence-electron chi connectivity index (χ4n) is 6.39. The molecule has 6 nitrogen and oxygen atoms in total. The van der Waals surface area contributed by atoms with Gasteiger partial charge in [-0.15, -0.1) is 0 Å². The first kappa shape index (κ1) is 21.5. The number of imide groups is 2. The number of rotatable bonds is 1. The van der Waals surface area contributed by atoms with Crippen molar-refractivity contribution < 1.29 is 19.2 Å². The molecule has 2 saturated carbocycles. The Balaban J connectivity index is 1.52. The molecule has 2 aliphatic carbocycles. The standard InChI is InChI=1S/C24H36N2O4/c1-24(2,3)18-6-4-8-19(9-5-7-18)26-22(29)16-11-14-10-15(21(28)25-20(14)27)12-17(13-16)23(26)30/h14-19H,4-13H2,1-3H3,(H,25,27,28). The van der Waals surface area contributed by atoms with Crippen molar-refractivity contribution in [3.05, 3.63) is 0 Å². The highest BCUT2D eigenvalue weighted by Gasteiger charge is 2.49. The fourth-order valence-corrected chi connectivity index (χ4v) is 6.39. The average molecular weight is 417 g/mol. The highest BCUT2D eigenvalue weighted by atomic mass is 16.2. The normalized spacial score (nSPS) is 38.3. The smallest absolute Gasteiger partial charge is 0.232 e. The molecule has 0 aromatic rings. The van der Waals surface area contributed by atoms with E-state index in [9.17, 15) is 19.2 Å². The summed E-state index contributed by atoms with van der Waals surface area (Å²) in [4.78, 5) is 52.9. The van der Waals surface area contributed by atoms with E-state index in [1.807, 2.05) is 0 Å². The number of likely N-dealkylation sites (tertiary alicyclic amines) is 1. The Bertz CT molecular complexity index is 690. The maximum atomic E-state index is 13.4. The third kappa shape index (κ3) is 4.06. The molecule has 2 aliphatic heterocycles. The van der Waals surface area contributed by atoms with Crippen molar-refractivity contribution in [2.24, 2.45) is 35.0 Å². The third-order valence-electron chi connectivity index (χ3n) is 8.21. The van der Waals surface area contributed by atoms with Gasteiger partial charge in [0.1, 0.15) is 0 Å². The lowest BCUT2D eigenvalue weighted by Gasteiger charge is -2.45. The minimum absolute atomic E-state index is 0.0278. The molecule has 0 radical (unpaired) electrons. The number of amides is 4. The molecular weight excluding hydrogens is 380 g/mol. The minimum atomic E-state index is -0.289. The van der Waals surface area contributed by atoms with E-state index in [4.69, 9.17) is 0 Å². The van der Waals surface area contributed by atoms with Crippen LogP contribution in [0.3, 0.4) is 0 Å². The Hall–Kier alpha value is -1.72. The lowest BCUT2D eigenvalue weighted by molar-refractivity contribution is -0.162. The Labute approximate surface area is 179 Å². The van der Waals surface area contributed by atoms with Crippen LogP contribution in [-0.2, 0) is 19.2 Å². The monoisotopic (exact) mass is 416 g/mol. The van der Waals surface area contributed by atoms with Crippen molar-refractivity contribution in [2.45, 2.75) is 91.0 Å². The molecule has 6 heteroatoms. The molecule has 4 fully saturated rings. The number of nitrogens with one attached hydrogen (secondary N) is 1. The lowest BCUT2D eigenvalue weighted by atomic mass is 9.69. The van der Waals surface area contributed by atoms with Gasteiger partial charge in [-0.3, -0.25) is 29.4 Å². The second-order valence-electron chi connectivity index (χ2n) is 11.2. The Morgan fingerprint density at radius 3 is 1.60 bits per heavy atom. The Morgan fingerprint density at radius 1 is 0.700 bits per heavy atom. The molecular formula is C24H36N2O4. The van der Waals surface area contributed by atoms with Crippen LogP contribution in [0.1, 0.15) is 85.0 Å². The fraction of sp³-hybridized carbons (Fsp3) is 0.833. The van der Waals surface area contributed by atoms with Gasteiger partial charge in [0.25, 0.3) is 0 Å². The summed E-state index contributed by atoms with van der Waals surface area (Å²) in [5.41, 5.74) is 0.293. The summed E-state index contributed by atoms with van der Waals surface area (Å²) in [6.07, 6.45) is 8.00. The SMILES string of the molecule is CC(C)(C)C1CCCC(N2C(=O)C3CC4CC(CC(C3)C2=O)C(=O)NC4=O)CCC1. The summed E-state index contributed by atoms with van der Waals surface area (Å²) in [5.74, 6) is -1.08. The van der Waals surface area contributed by atoms with Crippen molar-refractivity contribution in [2.75, 3.05) is 0 Å². The first-order valence-corrected chi connectivity index (χ1v) is 11.9. The molecule has 0 aromatic heterocycles. The van der Waals surface area contributed by atoms with Crippen molar-refractivity contribution in [1.29, 1.82) is 0 Å². The topological polar surface area (TPSA) is 83.6 Å². The molecule has 2 saturated heterocycles. The van der Waals surface area contributed by atoms with Gasteiger partial charge < -0.3 is 0 Å². The maximum absolute atomic E-state index is 13.4. The summed E-state index contributed by atoms with van der Waals surface area (Å²) in [6.45, 7) is 6.91. The van der Waals surface area contributed by atoms with E-state index in [2.05, 4.69) is 26.1 Å². The van der Waals surface area contributed by atoms with Gasteiger partial charge in [-0.2, -0.15) is 0 Å². The van der Waals surface area contributed by atoms with Gasteiger partial charge in [-0.1, -0.05) is 33.6 Å². The number of piperidine rings is 2. The summed E-state index contributed by atoms with van der Waals surface area (Å²) in [6, 6.07) is -0.0278. The highest BCUT2D eigenvalue weighted by Crippen LogP contribution is 2.42. The van der Waals surface area contributed by atoms with Crippen LogP contribution in [0.5, 0.6) is 0 Å². The van der Waals surface area contributed by atoms with Crippen LogP contribution in [0.25, 0.3) is 0 Å². The zero-order chi connectivity index (χ0) is 21.6. The van der Waals surface area contributed by atoms with Gasteiger partial charge in [0.05, 0.1) is 0 Å². The average Bonchev–Trinajstić information content (AvgIpc) is 2.60. The minimum Gasteiger partial charge on any atom is -0.296 e. The third-order valence-corrected chi connectivity index (χ3v) is 8.21. The van der Waals surface area contributed by atoms with Crippen LogP contribution < -0.4 is 5.32 Å². The zero-order valence-electron chi connectivity index (χ0n) is 18.6. The number of nitrogens with zero attached hydrogens (tertiary/aromatic N) is 1. The van der Waals surface area contributed by atoms with E-state index in [1.54, 1.807) is 4.90 Å². The quantitative estimate of drug-likeness (QED) is 0.664. The lowest BCUT2D eigenvalue weighted by Crippen LogP contribution is -2.58. The highest BCUT2D eigenvalue weighted by molar-refractivity contribution is 6.03. The molecule has 4 rings (SSSR count). The number of carbonyl (C=O) groups is 4. The molecule has 4 atom stereocenters. The van der Waals surface area contributed by atoms with Crippen LogP contribution >= 0.6 is 0 Å². The van der Waals surface area contributed by atoms with E-state index >= 15 is 0 Å². The van der Waals surface area contributed by atoms with Crippen molar-refractivity contribution in [3.63, 3.8) is 0 Å². The number of carbonyl (C=O) groups excluding carboxylic acids is 4. The zero-order valence-corrected chi connectivity index (χ0v) is 18.6. The molecule has 4 bridgehead atoms. The van der Waals surface area contributed by atoms with Crippen molar-refractivity contribution >= 4 is 23.6 Å². The van der Waals surface area contributed by atoms with Gasteiger partial charge in [0, 0.05) is 29.7 Å². The number of hydrogen-bond acceptors (Lipinski definition) is 4. The molecule has 0 aromatic carbocycles. The predicted octanol–water partition coefficient (Wildman–Crippen LogP) is 3.44. The van der Waals surface area contributed by atoms with E-state index < -0.39 is 0 Å². The second-order valence-corrected chi connectivity index (χ2v) is 11.2. The van der Waals surface area contributed by atoms with Crippen LogP contribution in [0, 0.1) is 35.0 Å². The van der Waals surface area contributed by atoms with Crippen LogP contribution in [0.15, 0.2) is 0 Å². The summed E-state index contributed by atoms with van der Waals surface area (Å²) < 4.78 is 0. The molecule has 166 valence electrons. The summed E-state index contributed by atoms with van der Waals surface area (Å²) >= 11 is 0. The predicted molar refractivity (Wildman–Crippen MR) is 112 cm³/mol. The van der Waals surface area contributed by atoms with Gasteiger partial charge >= 0.3 is 0 Å². The van der Waals surface area contributed by atoms with E-state index in [0.29, 0.717) is 37.0 Å². The van der Waals surface area contributed by atoms with Gasteiger partial charge in [0.15, 0.2) is 0 Å². The maximum Gasteiger partial charge on any atom is 0.232 e. The Morgan fingerprint density at radius 2 is 1.13 bits per heavy atom. The molecule has 0 spiro atoms. The molecule has 4 unspecified atom stereocenters. The Kier molecular flexibility index (Phi) is 5.80. The summed E-state index contributed by atoms with van der Waals surface area (Å²) in [5, 5.41) is 2.46. The largest absolute Gasteiger partial charge is 0.296 e. The van der Waals surface area contributed by atoms with Crippen LogP contribution in [0.4, 0.5) is 0 Å². The molecule has 4 aliphatic rings. The molecule has 30 heavy (non-hydrogen) atoms. The first-order valence-electron chi connectivity index (χ1n) is 11.9. The van der Waals surface area contributed by atoms with Crippen LogP contribution in [-0.4, -0.2) is 34.6 Å². The van der Waals surface area contributed by atoms with Gasteiger partial charge in [-0.25, -0.2) is 0 Å². The van der Waals surface area contributed by atoms with Gasteiger partial charge in [0.2, 0.25) is 23.6 Å². The number of fused-ring (bicyclic) bond motifs is 4. The second kappa shape index (κ2) is 8.08. The molecule has 1 N–H and O–H groups in total. The van der Waals surface area contributed by atoms with E-state index in [1.165, 1.54) is 0 Å². The molecule has 4 amide bonds. The van der Waals surface area contributed by atoms with Gasteiger partial charge in [-0.05, 0) is 62.7 Å². The van der Waals surface area contributed by atoms with Crippen molar-refractivity contribution in [3.8, 4) is 0 Å². The van der Waals surface area contributed by atoms with E-state index in [-0.39, 0.29) is 53.3 Å².